The van der Waals surface area contributed by atoms with E-state index in [0.717, 1.165) is 9.35 Å². The summed E-state index contributed by atoms with van der Waals surface area (Å²) in [6, 6.07) is 0. The van der Waals surface area contributed by atoms with Crippen LogP contribution >= 0.6 is 22.6 Å². The van der Waals surface area contributed by atoms with Gasteiger partial charge in [-0.05, 0) is 0 Å². The Balaban J connectivity index is 2.93. The quantitative estimate of drug-likeness (QED) is 0.655. The lowest BCUT2D eigenvalue weighted by Crippen LogP contribution is -1.85. The molecule has 0 aliphatic carbocycles. The molecular weight excluding hydrogens is 241 g/mol. The van der Waals surface area contributed by atoms with E-state index in [0.29, 0.717) is 0 Å². The van der Waals surface area contributed by atoms with Gasteiger partial charge < -0.3 is 0 Å². The predicted octanol–water partition coefficient (Wildman–Crippen LogP) is 1.33. The zero-order chi connectivity index (χ0) is 6.97. The first kappa shape index (κ1) is 6.09. The van der Waals surface area contributed by atoms with Crippen molar-refractivity contribution in [2.75, 3.05) is 0 Å². The fraction of sp³-hybridized carbons (Fsp3) is 0. The van der Waals surface area contributed by atoms with E-state index < -0.39 is 0 Å². The summed E-state index contributed by atoms with van der Waals surface area (Å²) in [5, 5.41) is 0. The zero-order valence-electron chi connectivity index (χ0n) is 5.03. The molecule has 0 unspecified atom stereocenters. The monoisotopic (exact) mass is 245 g/mol. The van der Waals surface area contributed by atoms with Gasteiger partial charge in [0.05, 0.1) is 17.9 Å². The van der Waals surface area contributed by atoms with Crippen molar-refractivity contribution in [3.63, 3.8) is 0 Å². The van der Waals surface area contributed by atoms with Crippen molar-refractivity contribution in [3.8, 4) is 0 Å². The maximum absolute atomic E-state index is 4.11. The summed E-state index contributed by atoms with van der Waals surface area (Å²) in [6.45, 7) is 0. The molecule has 0 fully saturated rings. The molecule has 0 saturated carbocycles. The van der Waals surface area contributed by atoms with E-state index in [4.69, 9.17) is 0 Å². The first-order chi connectivity index (χ1) is 4.88. The number of hydrogen-bond acceptors (Lipinski definition) is 2. The van der Waals surface area contributed by atoms with Crippen LogP contribution in [0.3, 0.4) is 0 Å². The van der Waals surface area contributed by atoms with Crippen molar-refractivity contribution < 1.29 is 0 Å². The maximum atomic E-state index is 4.11. The van der Waals surface area contributed by atoms with E-state index in [-0.39, 0.29) is 0 Å². The molecule has 0 amide bonds. The fourth-order valence-corrected chi connectivity index (χ4v) is 1.40. The standard InChI is InChI=1S/C6H4IN3/c7-6-9-4-5-3-8-1-2-10(5)6/h1-4H. The Bertz CT molecular complexity index is 355. The van der Waals surface area contributed by atoms with Gasteiger partial charge in [-0.2, -0.15) is 0 Å². The van der Waals surface area contributed by atoms with Crippen molar-refractivity contribution in [2.24, 2.45) is 0 Å². The van der Waals surface area contributed by atoms with E-state index in [9.17, 15) is 0 Å². The normalized spacial score (nSPS) is 10.5. The lowest BCUT2D eigenvalue weighted by atomic mass is 10.6. The summed E-state index contributed by atoms with van der Waals surface area (Å²) in [6.07, 6.45) is 7.23. The summed E-state index contributed by atoms with van der Waals surface area (Å²) in [5.74, 6) is 0. The topological polar surface area (TPSA) is 30.2 Å². The molecule has 0 spiro atoms. The number of hydrogen-bond donors (Lipinski definition) is 0. The summed E-state index contributed by atoms with van der Waals surface area (Å²) in [4.78, 5) is 8.07. The largest absolute Gasteiger partial charge is 0.292 e. The summed E-state index contributed by atoms with van der Waals surface area (Å²) >= 11 is 2.18. The third-order valence-electron chi connectivity index (χ3n) is 1.29. The molecule has 2 aromatic rings. The van der Waals surface area contributed by atoms with Crippen LogP contribution in [0.15, 0.2) is 24.8 Å². The van der Waals surface area contributed by atoms with E-state index in [1.807, 2.05) is 10.6 Å². The number of aromatic nitrogens is 3. The third-order valence-corrected chi connectivity index (χ3v) is 2.09. The van der Waals surface area contributed by atoms with Gasteiger partial charge >= 0.3 is 0 Å². The van der Waals surface area contributed by atoms with E-state index in [1.165, 1.54) is 0 Å². The number of rotatable bonds is 0. The average molecular weight is 245 g/mol. The summed E-state index contributed by atoms with van der Waals surface area (Å²) < 4.78 is 2.95. The van der Waals surface area contributed by atoms with Crippen LogP contribution in [-0.4, -0.2) is 14.4 Å². The SMILES string of the molecule is Ic1ncc2cnccn12. The second-order valence-corrected chi connectivity index (χ2v) is 2.86. The van der Waals surface area contributed by atoms with Crippen LogP contribution in [0.2, 0.25) is 0 Å². The Hall–Kier alpha value is -0.650. The van der Waals surface area contributed by atoms with Crippen molar-refractivity contribution in [3.05, 3.63) is 28.6 Å². The van der Waals surface area contributed by atoms with Crippen LogP contribution in [0.4, 0.5) is 0 Å². The number of nitrogens with zero attached hydrogens (tertiary/aromatic N) is 3. The Kier molecular flexibility index (Phi) is 1.33. The maximum Gasteiger partial charge on any atom is 0.176 e. The molecule has 0 aliphatic rings. The molecule has 0 aliphatic heterocycles. The van der Waals surface area contributed by atoms with Crippen LogP contribution in [-0.2, 0) is 0 Å². The van der Waals surface area contributed by atoms with Gasteiger partial charge in [0, 0.05) is 35.0 Å². The molecule has 0 aromatic carbocycles. The van der Waals surface area contributed by atoms with Gasteiger partial charge in [-0.1, -0.05) is 0 Å². The molecule has 3 nitrogen and oxygen atoms in total. The van der Waals surface area contributed by atoms with Gasteiger partial charge in [-0.25, -0.2) is 4.98 Å². The second kappa shape index (κ2) is 2.19. The molecule has 2 rings (SSSR count). The van der Waals surface area contributed by atoms with Crippen LogP contribution in [0.5, 0.6) is 0 Å². The summed E-state index contributed by atoms with van der Waals surface area (Å²) in [5.41, 5.74) is 1.03. The molecule has 2 heterocycles. The smallest absolute Gasteiger partial charge is 0.176 e. The number of halogens is 1. The highest BCUT2D eigenvalue weighted by Gasteiger charge is 1.95. The Morgan fingerprint density at radius 1 is 1.40 bits per heavy atom. The highest BCUT2D eigenvalue weighted by atomic mass is 127. The first-order valence-electron chi connectivity index (χ1n) is 2.80. The molecule has 0 radical (unpaired) electrons. The van der Waals surface area contributed by atoms with Gasteiger partial charge in [0.25, 0.3) is 0 Å². The minimum atomic E-state index is 0.968. The van der Waals surface area contributed by atoms with Gasteiger partial charge in [-0.3, -0.25) is 9.38 Å². The molecular formula is C6H4IN3. The lowest BCUT2D eigenvalue weighted by Gasteiger charge is -1.89. The third kappa shape index (κ3) is 0.792. The minimum absolute atomic E-state index is 0.968. The summed E-state index contributed by atoms with van der Waals surface area (Å²) in [7, 11) is 0. The molecule has 50 valence electrons. The minimum Gasteiger partial charge on any atom is -0.292 e. The number of imidazole rings is 1. The first-order valence-corrected chi connectivity index (χ1v) is 3.88. The van der Waals surface area contributed by atoms with Gasteiger partial charge in [0.1, 0.15) is 0 Å². The molecule has 0 bridgehead atoms. The van der Waals surface area contributed by atoms with Crippen LogP contribution < -0.4 is 0 Å². The second-order valence-electron chi connectivity index (χ2n) is 1.90. The Morgan fingerprint density at radius 3 is 3.10 bits per heavy atom. The molecule has 0 N–H and O–H groups in total. The zero-order valence-corrected chi connectivity index (χ0v) is 7.19. The van der Waals surface area contributed by atoms with Crippen molar-refractivity contribution in [1.82, 2.24) is 14.4 Å². The van der Waals surface area contributed by atoms with Crippen molar-refractivity contribution in [2.45, 2.75) is 0 Å². The van der Waals surface area contributed by atoms with Crippen LogP contribution in [0.1, 0.15) is 0 Å². The highest BCUT2D eigenvalue weighted by molar-refractivity contribution is 14.1. The van der Waals surface area contributed by atoms with E-state index in [1.54, 1.807) is 18.6 Å². The Morgan fingerprint density at radius 2 is 2.30 bits per heavy atom. The van der Waals surface area contributed by atoms with Crippen molar-refractivity contribution >= 4 is 28.1 Å². The van der Waals surface area contributed by atoms with Gasteiger partial charge in [0.2, 0.25) is 0 Å². The van der Waals surface area contributed by atoms with E-state index >= 15 is 0 Å². The number of fused-ring (bicyclic) bond motifs is 1. The molecule has 2 aromatic heterocycles. The van der Waals surface area contributed by atoms with E-state index in [2.05, 4.69) is 32.6 Å². The van der Waals surface area contributed by atoms with Gasteiger partial charge in [0.15, 0.2) is 3.83 Å². The average Bonchev–Trinajstić information content (AvgIpc) is 2.34. The fourth-order valence-electron chi connectivity index (χ4n) is 0.818. The molecule has 0 atom stereocenters. The Labute approximate surface area is 71.3 Å². The molecule has 4 heteroatoms. The van der Waals surface area contributed by atoms with Crippen molar-refractivity contribution in [1.29, 1.82) is 0 Å². The van der Waals surface area contributed by atoms with Gasteiger partial charge in [-0.15, -0.1) is 0 Å². The highest BCUT2D eigenvalue weighted by Crippen LogP contribution is 2.05. The predicted molar refractivity (Wildman–Crippen MR) is 45.7 cm³/mol. The van der Waals surface area contributed by atoms with Crippen LogP contribution in [0.25, 0.3) is 5.52 Å². The lowest BCUT2D eigenvalue weighted by molar-refractivity contribution is 1.07. The molecule has 10 heavy (non-hydrogen) atoms. The van der Waals surface area contributed by atoms with Crippen LogP contribution in [0, 0.1) is 3.83 Å². The molecule has 0 saturated heterocycles.